The van der Waals surface area contributed by atoms with Gasteiger partial charge < -0.3 is 4.90 Å². The summed E-state index contributed by atoms with van der Waals surface area (Å²) in [4.78, 5) is 13.7. The summed E-state index contributed by atoms with van der Waals surface area (Å²) >= 11 is 0. The van der Waals surface area contributed by atoms with E-state index in [1.165, 1.54) is 28.6 Å². The van der Waals surface area contributed by atoms with E-state index < -0.39 is 34.7 Å². The van der Waals surface area contributed by atoms with Crippen LogP contribution in [0.15, 0.2) is 53.4 Å². The van der Waals surface area contributed by atoms with Crippen molar-refractivity contribution in [3.05, 3.63) is 65.2 Å². The van der Waals surface area contributed by atoms with E-state index in [0.29, 0.717) is 13.0 Å². The van der Waals surface area contributed by atoms with Gasteiger partial charge in [-0.2, -0.15) is 17.5 Å². The number of nitrogens with zero attached hydrogens (tertiary/aromatic N) is 2. The number of hydrogen-bond donors (Lipinski definition) is 0. The molecule has 0 unspecified atom stereocenters. The van der Waals surface area contributed by atoms with Crippen molar-refractivity contribution in [3.8, 4) is 0 Å². The van der Waals surface area contributed by atoms with E-state index in [4.69, 9.17) is 0 Å². The third-order valence-electron chi connectivity index (χ3n) is 6.24. The van der Waals surface area contributed by atoms with Gasteiger partial charge in [-0.05, 0) is 67.5 Å². The number of benzene rings is 2. The number of halogens is 3. The molecule has 1 aliphatic carbocycles. The van der Waals surface area contributed by atoms with Gasteiger partial charge in [-0.15, -0.1) is 0 Å². The van der Waals surface area contributed by atoms with E-state index in [2.05, 4.69) is 0 Å². The molecule has 1 atom stereocenters. The third kappa shape index (κ3) is 4.83. The zero-order chi connectivity index (χ0) is 23.1. The maximum Gasteiger partial charge on any atom is 0.406 e. The van der Waals surface area contributed by atoms with Gasteiger partial charge >= 0.3 is 6.18 Å². The lowest BCUT2D eigenvalue weighted by atomic mass is 10.0. The molecule has 1 fully saturated rings. The fraction of sp³-hybridized carbons (Fsp3) is 0.435. The average molecular weight is 467 g/mol. The monoisotopic (exact) mass is 466 g/mol. The molecule has 1 saturated carbocycles. The van der Waals surface area contributed by atoms with Crippen LogP contribution in [0.4, 0.5) is 13.2 Å². The molecule has 2 aliphatic rings. The fourth-order valence-electron chi connectivity index (χ4n) is 4.19. The Morgan fingerprint density at radius 2 is 1.72 bits per heavy atom. The maximum absolute atomic E-state index is 13.1. The summed E-state index contributed by atoms with van der Waals surface area (Å²) in [5.74, 6) is -0.666. The van der Waals surface area contributed by atoms with Gasteiger partial charge in [0.2, 0.25) is 10.0 Å². The minimum absolute atomic E-state index is 0.0195. The van der Waals surface area contributed by atoms with Crippen molar-refractivity contribution in [3.63, 3.8) is 0 Å². The van der Waals surface area contributed by atoms with E-state index in [0.717, 1.165) is 28.9 Å². The molecule has 0 aromatic heterocycles. The molecule has 172 valence electrons. The molecule has 4 rings (SSSR count). The Kier molecular flexibility index (Phi) is 6.06. The van der Waals surface area contributed by atoms with Crippen LogP contribution >= 0.6 is 0 Å². The lowest BCUT2D eigenvalue weighted by Gasteiger charge is -2.30. The molecule has 2 aromatic rings. The molecule has 0 spiro atoms. The Morgan fingerprint density at radius 3 is 2.31 bits per heavy atom. The first-order valence-corrected chi connectivity index (χ1v) is 12.0. The molecule has 32 heavy (non-hydrogen) atoms. The van der Waals surface area contributed by atoms with Crippen LogP contribution in [-0.4, -0.2) is 48.8 Å². The van der Waals surface area contributed by atoms with Crippen LogP contribution in [0, 0.1) is 5.92 Å². The van der Waals surface area contributed by atoms with Gasteiger partial charge in [-0.25, -0.2) is 8.42 Å². The third-order valence-corrected chi connectivity index (χ3v) is 8.10. The highest BCUT2D eigenvalue weighted by Gasteiger charge is 2.40. The first kappa shape index (κ1) is 22.8. The van der Waals surface area contributed by atoms with Crippen molar-refractivity contribution in [2.75, 3.05) is 13.1 Å². The van der Waals surface area contributed by atoms with Crippen molar-refractivity contribution in [1.82, 2.24) is 9.21 Å². The molecule has 2 aromatic carbocycles. The van der Waals surface area contributed by atoms with Gasteiger partial charge in [0, 0.05) is 24.7 Å². The summed E-state index contributed by atoms with van der Waals surface area (Å²) in [7, 11) is -3.79. The predicted octanol–water partition coefficient (Wildman–Crippen LogP) is 4.24. The van der Waals surface area contributed by atoms with Crippen LogP contribution < -0.4 is 0 Å². The number of rotatable bonds is 6. The molecule has 1 heterocycles. The van der Waals surface area contributed by atoms with Crippen LogP contribution in [0.25, 0.3) is 0 Å². The minimum Gasteiger partial charge on any atom is -0.327 e. The normalized spacial score (nSPS) is 18.1. The lowest BCUT2D eigenvalue weighted by molar-refractivity contribution is -0.144. The summed E-state index contributed by atoms with van der Waals surface area (Å²) in [6.45, 7) is 0.917. The second-order valence-corrected chi connectivity index (χ2v) is 10.4. The van der Waals surface area contributed by atoms with Crippen LogP contribution in [-0.2, 0) is 23.0 Å². The molecule has 0 N–H and O–H groups in total. The van der Waals surface area contributed by atoms with Crippen LogP contribution in [0.5, 0.6) is 0 Å². The van der Waals surface area contributed by atoms with E-state index in [1.54, 1.807) is 6.92 Å². The Balaban J connectivity index is 1.53. The Hall–Kier alpha value is -2.39. The number of hydrogen-bond acceptors (Lipinski definition) is 3. The topological polar surface area (TPSA) is 57.7 Å². The predicted molar refractivity (Wildman–Crippen MR) is 113 cm³/mol. The smallest absolute Gasteiger partial charge is 0.327 e. The van der Waals surface area contributed by atoms with Crippen molar-refractivity contribution in [1.29, 1.82) is 0 Å². The standard InChI is InChI=1S/C23H25F3N2O3S/c1-16(17-6-7-17)28(15-23(24,25)26)22(29)19-8-10-21(11-9-19)32(30,31)27-13-12-18-4-2-3-5-20(18)14-27/h2-5,8-11,16-17H,6-7,12-15H2,1H3/t16-/m0/s1. The number of fused-ring (bicyclic) bond motifs is 1. The zero-order valence-electron chi connectivity index (χ0n) is 17.7. The summed E-state index contributed by atoms with van der Waals surface area (Å²) in [6, 6.07) is 12.3. The van der Waals surface area contributed by atoms with E-state index in [9.17, 15) is 26.4 Å². The summed E-state index contributed by atoms with van der Waals surface area (Å²) in [6.07, 6.45) is -2.29. The number of sulfonamides is 1. The summed E-state index contributed by atoms with van der Waals surface area (Å²) < 4.78 is 66.8. The van der Waals surface area contributed by atoms with Gasteiger partial charge in [0.15, 0.2) is 0 Å². The number of amides is 1. The van der Waals surface area contributed by atoms with Crippen LogP contribution in [0.3, 0.4) is 0 Å². The summed E-state index contributed by atoms with van der Waals surface area (Å²) in [5, 5.41) is 0. The molecular formula is C23H25F3N2O3S. The largest absolute Gasteiger partial charge is 0.406 e. The van der Waals surface area contributed by atoms with Crippen molar-refractivity contribution >= 4 is 15.9 Å². The molecule has 0 bridgehead atoms. The molecular weight excluding hydrogens is 441 g/mol. The maximum atomic E-state index is 13.1. The number of alkyl halides is 3. The van der Waals surface area contributed by atoms with Gasteiger partial charge in [-0.3, -0.25) is 4.79 Å². The minimum atomic E-state index is -4.51. The average Bonchev–Trinajstić information content (AvgIpc) is 3.61. The highest BCUT2D eigenvalue weighted by molar-refractivity contribution is 7.89. The second kappa shape index (κ2) is 8.51. The zero-order valence-corrected chi connectivity index (χ0v) is 18.5. The van der Waals surface area contributed by atoms with Crippen LogP contribution in [0.1, 0.15) is 41.3 Å². The Bertz CT molecular complexity index is 1100. The SMILES string of the molecule is C[C@@H](C1CC1)N(CC(F)(F)F)C(=O)c1ccc(S(=O)(=O)N2CCc3ccccc3C2)cc1. The molecule has 1 aliphatic heterocycles. The first-order chi connectivity index (χ1) is 15.1. The Labute approximate surface area is 185 Å². The second-order valence-electron chi connectivity index (χ2n) is 8.51. The molecule has 0 radical (unpaired) electrons. The van der Waals surface area contributed by atoms with Crippen molar-refractivity contribution in [2.24, 2.45) is 5.92 Å². The molecule has 0 saturated heterocycles. The lowest BCUT2D eigenvalue weighted by Crippen LogP contribution is -2.45. The molecule has 1 amide bonds. The fourth-order valence-corrected chi connectivity index (χ4v) is 5.61. The highest BCUT2D eigenvalue weighted by atomic mass is 32.2. The van der Waals surface area contributed by atoms with Gasteiger partial charge in [-0.1, -0.05) is 24.3 Å². The number of carbonyl (C=O) groups is 1. The van der Waals surface area contributed by atoms with Crippen molar-refractivity contribution < 1.29 is 26.4 Å². The molecule has 9 heteroatoms. The van der Waals surface area contributed by atoms with E-state index in [-0.39, 0.29) is 22.9 Å². The van der Waals surface area contributed by atoms with Gasteiger partial charge in [0.05, 0.1) is 4.90 Å². The molecule has 5 nitrogen and oxygen atoms in total. The number of carbonyl (C=O) groups excluding carboxylic acids is 1. The Morgan fingerprint density at radius 1 is 1.09 bits per heavy atom. The van der Waals surface area contributed by atoms with Gasteiger partial charge in [0.1, 0.15) is 6.54 Å². The van der Waals surface area contributed by atoms with Crippen LogP contribution in [0.2, 0.25) is 0 Å². The van der Waals surface area contributed by atoms with Gasteiger partial charge in [0.25, 0.3) is 5.91 Å². The van der Waals surface area contributed by atoms with E-state index >= 15 is 0 Å². The van der Waals surface area contributed by atoms with Crippen molar-refractivity contribution in [2.45, 2.75) is 49.8 Å². The quantitative estimate of drug-likeness (QED) is 0.640. The first-order valence-electron chi connectivity index (χ1n) is 10.6. The highest BCUT2D eigenvalue weighted by Crippen LogP contribution is 2.37. The summed E-state index contributed by atoms with van der Waals surface area (Å²) in [5.41, 5.74) is 2.12. The van der Waals surface area contributed by atoms with E-state index in [1.807, 2.05) is 24.3 Å².